The van der Waals surface area contributed by atoms with Gasteiger partial charge in [-0.1, -0.05) is 81.4 Å². The summed E-state index contributed by atoms with van der Waals surface area (Å²) in [5.74, 6) is 0.219. The molecule has 0 aliphatic carbocycles. The predicted octanol–water partition coefficient (Wildman–Crippen LogP) is 3.93. The molecule has 1 fully saturated rings. The van der Waals surface area contributed by atoms with Crippen LogP contribution in [-0.2, 0) is 9.16 Å². The Labute approximate surface area is 157 Å². The van der Waals surface area contributed by atoms with Crippen LogP contribution in [0.15, 0.2) is 60.7 Å². The second kappa shape index (κ2) is 7.40. The molecule has 3 rings (SSSR count). The van der Waals surface area contributed by atoms with Crippen LogP contribution < -0.4 is 10.4 Å². The number of hydrogen-bond acceptors (Lipinski definition) is 3. The maximum Gasteiger partial charge on any atom is 0.261 e. The predicted molar refractivity (Wildman–Crippen MR) is 110 cm³/mol. The van der Waals surface area contributed by atoms with Gasteiger partial charge in [-0.3, -0.25) is 0 Å². The summed E-state index contributed by atoms with van der Waals surface area (Å²) in [6, 6.07) is 21.4. The molecule has 1 aliphatic rings. The van der Waals surface area contributed by atoms with Gasteiger partial charge in [-0.05, 0) is 34.1 Å². The van der Waals surface area contributed by atoms with E-state index in [1.807, 2.05) is 0 Å². The molecule has 2 aromatic carbocycles. The first-order valence-corrected chi connectivity index (χ1v) is 11.2. The van der Waals surface area contributed by atoms with Crippen molar-refractivity contribution in [3.63, 3.8) is 0 Å². The first-order chi connectivity index (χ1) is 11.9. The topological polar surface area (TPSA) is 18.5 Å². The second-order valence-corrected chi connectivity index (χ2v) is 12.3. The van der Waals surface area contributed by atoms with Crippen LogP contribution in [0.5, 0.6) is 0 Å². The van der Waals surface area contributed by atoms with E-state index in [-0.39, 0.29) is 11.0 Å². The molecule has 0 radical (unpaired) electrons. The largest absolute Gasteiger partial charge is 0.487 e. The quantitative estimate of drug-likeness (QED) is 0.587. The first-order valence-electron chi connectivity index (χ1n) is 8.87. The third-order valence-electron chi connectivity index (χ3n) is 4.96. The molecule has 1 aliphatic heterocycles. The van der Waals surface area contributed by atoms with E-state index >= 15 is 0 Å². The van der Waals surface area contributed by atoms with Gasteiger partial charge in [0.15, 0.2) is 5.05 Å². The summed E-state index contributed by atoms with van der Waals surface area (Å²) in [6.45, 7) is 8.23. The molecule has 1 saturated heterocycles. The second-order valence-electron chi connectivity index (χ2n) is 7.63. The maximum absolute atomic E-state index is 6.89. The number of ether oxygens (including phenoxy) is 1. The minimum Gasteiger partial charge on any atom is -0.487 e. The van der Waals surface area contributed by atoms with Crippen LogP contribution in [0.2, 0.25) is 5.04 Å². The Bertz CT molecular complexity index is 670. The van der Waals surface area contributed by atoms with Crippen molar-refractivity contribution in [3.8, 4) is 0 Å². The SMILES string of the molecule is CC(C)(C)[Si](OC[C@@H]1CCOC1=S)(c1ccccc1)c1ccccc1. The third kappa shape index (κ3) is 3.57. The van der Waals surface area contributed by atoms with Gasteiger partial charge in [0.25, 0.3) is 8.32 Å². The Morgan fingerprint density at radius 1 is 1.00 bits per heavy atom. The zero-order valence-corrected chi connectivity index (χ0v) is 17.0. The van der Waals surface area contributed by atoms with E-state index in [9.17, 15) is 0 Å². The van der Waals surface area contributed by atoms with Crippen molar-refractivity contribution in [1.82, 2.24) is 0 Å². The number of rotatable bonds is 5. The molecule has 0 N–H and O–H groups in total. The zero-order valence-electron chi connectivity index (χ0n) is 15.2. The lowest BCUT2D eigenvalue weighted by atomic mass is 10.1. The zero-order chi connectivity index (χ0) is 17.9. The highest BCUT2D eigenvalue weighted by atomic mass is 32.1. The van der Waals surface area contributed by atoms with Crippen molar-refractivity contribution < 1.29 is 9.16 Å². The molecule has 0 aromatic heterocycles. The molecule has 0 unspecified atom stereocenters. The Morgan fingerprint density at radius 3 is 1.92 bits per heavy atom. The lowest BCUT2D eigenvalue weighted by Gasteiger charge is -2.43. The highest BCUT2D eigenvalue weighted by Crippen LogP contribution is 2.37. The molecule has 132 valence electrons. The molecule has 1 heterocycles. The summed E-state index contributed by atoms with van der Waals surface area (Å²) in [4.78, 5) is 0. The van der Waals surface area contributed by atoms with Gasteiger partial charge in [0.1, 0.15) is 0 Å². The van der Waals surface area contributed by atoms with E-state index in [1.54, 1.807) is 0 Å². The van der Waals surface area contributed by atoms with Gasteiger partial charge in [-0.15, -0.1) is 0 Å². The summed E-state index contributed by atoms with van der Waals surface area (Å²) in [5.41, 5.74) is 0. The van der Waals surface area contributed by atoms with Gasteiger partial charge < -0.3 is 9.16 Å². The standard InChI is InChI=1S/C21H26O2SSi/c1-21(2,3)25(18-10-6-4-7-11-18,19-12-8-5-9-13-19)23-16-17-14-15-22-20(17)24/h4-13,17H,14-16H2,1-3H3/t17-/m0/s1. The van der Waals surface area contributed by atoms with E-state index in [2.05, 4.69) is 81.4 Å². The van der Waals surface area contributed by atoms with Gasteiger partial charge in [0, 0.05) is 6.61 Å². The smallest absolute Gasteiger partial charge is 0.261 e. The van der Waals surface area contributed by atoms with Crippen molar-refractivity contribution >= 4 is 36.0 Å². The fourth-order valence-corrected chi connectivity index (χ4v) is 8.55. The fourth-order valence-electron chi connectivity index (χ4n) is 3.68. The van der Waals surface area contributed by atoms with E-state index in [0.717, 1.165) is 6.42 Å². The van der Waals surface area contributed by atoms with Crippen molar-refractivity contribution in [2.45, 2.75) is 32.2 Å². The molecule has 25 heavy (non-hydrogen) atoms. The lowest BCUT2D eigenvalue weighted by Crippen LogP contribution is -2.67. The van der Waals surface area contributed by atoms with Crippen molar-refractivity contribution in [3.05, 3.63) is 60.7 Å². The van der Waals surface area contributed by atoms with Crippen molar-refractivity contribution in [2.75, 3.05) is 13.2 Å². The van der Waals surface area contributed by atoms with Gasteiger partial charge in [0.05, 0.1) is 12.5 Å². The monoisotopic (exact) mass is 370 g/mol. The first kappa shape index (κ1) is 18.3. The third-order valence-corrected chi connectivity index (χ3v) is 10.4. The molecule has 4 heteroatoms. The summed E-state index contributed by atoms with van der Waals surface area (Å²) in [5, 5.41) is 3.31. The van der Waals surface area contributed by atoms with Gasteiger partial charge in [-0.2, -0.15) is 0 Å². The highest BCUT2D eigenvalue weighted by Gasteiger charge is 2.50. The van der Waals surface area contributed by atoms with Gasteiger partial charge >= 0.3 is 0 Å². The van der Waals surface area contributed by atoms with E-state index in [0.29, 0.717) is 18.3 Å². The Hall–Kier alpha value is -1.49. The van der Waals surface area contributed by atoms with E-state index in [4.69, 9.17) is 21.4 Å². The van der Waals surface area contributed by atoms with Crippen LogP contribution in [0.25, 0.3) is 0 Å². The number of hydrogen-bond donors (Lipinski definition) is 0. The molecule has 0 spiro atoms. The van der Waals surface area contributed by atoms with E-state index < -0.39 is 8.32 Å². The summed E-state index contributed by atoms with van der Waals surface area (Å²) < 4.78 is 12.4. The Morgan fingerprint density at radius 2 is 1.52 bits per heavy atom. The molecule has 1 atom stereocenters. The van der Waals surface area contributed by atoms with Crippen molar-refractivity contribution in [1.29, 1.82) is 0 Å². The van der Waals surface area contributed by atoms with Crippen LogP contribution in [0.4, 0.5) is 0 Å². The fraction of sp³-hybridized carbons (Fsp3) is 0.381. The number of thiocarbonyl (C=S) groups is 1. The van der Waals surface area contributed by atoms with Crippen LogP contribution in [0.1, 0.15) is 27.2 Å². The summed E-state index contributed by atoms with van der Waals surface area (Å²) >= 11 is 5.37. The lowest BCUT2D eigenvalue weighted by molar-refractivity contribution is 0.269. The van der Waals surface area contributed by atoms with Gasteiger partial charge in [-0.25, -0.2) is 0 Å². The minimum absolute atomic E-state index is 0.00319. The average molecular weight is 371 g/mol. The van der Waals surface area contributed by atoms with Crippen LogP contribution >= 0.6 is 12.2 Å². The highest BCUT2D eigenvalue weighted by molar-refractivity contribution is 7.80. The normalized spacial score (nSPS) is 18.2. The molecule has 0 saturated carbocycles. The van der Waals surface area contributed by atoms with Crippen LogP contribution in [0, 0.1) is 5.92 Å². The van der Waals surface area contributed by atoms with Crippen LogP contribution in [0.3, 0.4) is 0 Å². The Kier molecular flexibility index (Phi) is 5.42. The summed E-state index contributed by atoms with van der Waals surface area (Å²) in [7, 11) is -2.46. The minimum atomic E-state index is -2.46. The molecule has 2 aromatic rings. The maximum atomic E-state index is 6.89. The van der Waals surface area contributed by atoms with Crippen molar-refractivity contribution in [2.24, 2.45) is 5.92 Å². The Balaban J connectivity index is 2.07. The molecule has 0 amide bonds. The number of benzene rings is 2. The molecule has 0 bridgehead atoms. The van der Waals surface area contributed by atoms with E-state index in [1.165, 1.54) is 10.4 Å². The van der Waals surface area contributed by atoms with Crippen LogP contribution in [-0.4, -0.2) is 26.6 Å². The molecular weight excluding hydrogens is 344 g/mol. The van der Waals surface area contributed by atoms with Gasteiger partial charge in [0.2, 0.25) is 0 Å². The molecule has 2 nitrogen and oxygen atoms in total. The summed E-state index contributed by atoms with van der Waals surface area (Å²) in [6.07, 6.45) is 0.955. The molecular formula is C21H26O2SSi. The average Bonchev–Trinajstić information content (AvgIpc) is 3.01.